The number of carbonyl (C=O) groups is 1. The molecule has 0 saturated carbocycles. The van der Waals surface area contributed by atoms with Crippen LogP contribution in [0.25, 0.3) is 0 Å². The fourth-order valence-corrected chi connectivity index (χ4v) is 4.78. The highest BCUT2D eigenvalue weighted by molar-refractivity contribution is 7.98. The minimum Gasteiger partial charge on any atom is -0.491 e. The molecule has 230 valence electrons. The minimum atomic E-state index is -0.519. The maximum atomic E-state index is 11.7. The first-order valence-corrected chi connectivity index (χ1v) is 15.8. The number of hydrogen-bond acceptors (Lipinski definition) is 9. The molecule has 0 radical (unpaired) electrons. The summed E-state index contributed by atoms with van der Waals surface area (Å²) < 4.78 is 22.5. The molecule has 0 amide bonds. The standard InChI is InChI=1S/C33H40ClN3O5S/c1-32(2,3)42-29(38)22-39-14-8-7-9-15-40-30-24(18-35)16-26(17-28(30)34)33(4,5)25-10-12-27(13-11-25)41-21-23-19-36-31(43-6)37-20-23/h10-13,16-17,19-20H,7-9,14-15,21-22H2,1-6H3. The zero-order chi connectivity index (χ0) is 31.5. The van der Waals surface area contributed by atoms with E-state index in [1.165, 1.54) is 11.8 Å². The highest BCUT2D eigenvalue weighted by atomic mass is 35.5. The van der Waals surface area contributed by atoms with E-state index in [0.29, 0.717) is 36.2 Å². The summed E-state index contributed by atoms with van der Waals surface area (Å²) in [6.07, 6.45) is 7.86. The number of hydrogen-bond donors (Lipinski definition) is 0. The zero-order valence-corrected chi connectivity index (χ0v) is 27.3. The van der Waals surface area contributed by atoms with Gasteiger partial charge in [-0.15, -0.1) is 0 Å². The Labute approximate surface area is 264 Å². The molecular weight excluding hydrogens is 586 g/mol. The Kier molecular flexibility index (Phi) is 12.7. The Bertz CT molecular complexity index is 1380. The SMILES string of the molecule is CSc1ncc(COc2ccc(C(C)(C)c3cc(Cl)c(OCCCCCOCC(=O)OC(C)(C)C)c(C#N)c3)cc2)cn1. The van der Waals surface area contributed by atoms with Crippen molar-refractivity contribution >= 4 is 29.3 Å². The number of carbonyl (C=O) groups excluding carboxylic acids is 1. The van der Waals surface area contributed by atoms with E-state index < -0.39 is 11.0 Å². The van der Waals surface area contributed by atoms with Crippen molar-refractivity contribution in [2.75, 3.05) is 26.1 Å². The summed E-state index contributed by atoms with van der Waals surface area (Å²) in [6.45, 7) is 10.8. The van der Waals surface area contributed by atoms with Gasteiger partial charge in [-0.2, -0.15) is 5.26 Å². The summed E-state index contributed by atoms with van der Waals surface area (Å²) in [6, 6.07) is 13.8. The van der Waals surface area contributed by atoms with Crippen LogP contribution >= 0.6 is 23.4 Å². The summed E-state index contributed by atoms with van der Waals surface area (Å²) in [5.41, 5.74) is 2.30. The number of nitrogens with zero attached hydrogens (tertiary/aromatic N) is 3. The summed E-state index contributed by atoms with van der Waals surface area (Å²) in [4.78, 5) is 20.2. The van der Waals surface area contributed by atoms with Crippen molar-refractivity contribution in [3.8, 4) is 17.6 Å². The van der Waals surface area contributed by atoms with Crippen molar-refractivity contribution in [3.05, 3.63) is 76.1 Å². The lowest BCUT2D eigenvalue weighted by Crippen LogP contribution is -2.26. The van der Waals surface area contributed by atoms with Crippen LogP contribution < -0.4 is 9.47 Å². The van der Waals surface area contributed by atoms with Crippen molar-refractivity contribution in [1.29, 1.82) is 5.26 Å². The number of benzene rings is 2. The van der Waals surface area contributed by atoms with Gasteiger partial charge in [0.15, 0.2) is 10.9 Å². The Morgan fingerprint density at radius 3 is 2.26 bits per heavy atom. The molecule has 0 bridgehead atoms. The molecule has 0 unspecified atom stereocenters. The largest absolute Gasteiger partial charge is 0.491 e. The molecule has 0 aliphatic heterocycles. The van der Waals surface area contributed by atoms with Crippen molar-refractivity contribution in [3.63, 3.8) is 0 Å². The van der Waals surface area contributed by atoms with E-state index in [0.717, 1.165) is 46.9 Å². The Morgan fingerprint density at radius 2 is 1.63 bits per heavy atom. The Balaban J connectivity index is 1.51. The molecule has 0 saturated heterocycles. The van der Waals surface area contributed by atoms with E-state index in [4.69, 9.17) is 30.5 Å². The van der Waals surface area contributed by atoms with Crippen LogP contribution in [-0.2, 0) is 26.3 Å². The number of esters is 1. The molecule has 0 spiro atoms. The second kappa shape index (κ2) is 15.9. The second-order valence-electron chi connectivity index (χ2n) is 11.5. The topological polar surface area (TPSA) is 104 Å². The molecule has 43 heavy (non-hydrogen) atoms. The van der Waals surface area contributed by atoms with Gasteiger partial charge in [0.2, 0.25) is 0 Å². The van der Waals surface area contributed by atoms with Crippen LogP contribution in [0.4, 0.5) is 0 Å². The van der Waals surface area contributed by atoms with Crippen molar-refractivity contribution in [2.24, 2.45) is 0 Å². The van der Waals surface area contributed by atoms with Crippen molar-refractivity contribution in [2.45, 2.75) is 76.7 Å². The molecular formula is C33H40ClN3O5S. The van der Waals surface area contributed by atoms with E-state index in [9.17, 15) is 10.1 Å². The van der Waals surface area contributed by atoms with Crippen molar-refractivity contribution in [1.82, 2.24) is 9.97 Å². The molecule has 1 heterocycles. The van der Waals surface area contributed by atoms with Crippen LogP contribution in [0.2, 0.25) is 5.02 Å². The van der Waals surface area contributed by atoms with Crippen LogP contribution in [0.15, 0.2) is 53.9 Å². The lowest BCUT2D eigenvalue weighted by molar-refractivity contribution is -0.160. The third-order valence-corrected chi connectivity index (χ3v) is 7.41. The molecule has 0 fully saturated rings. The molecule has 0 aliphatic rings. The van der Waals surface area contributed by atoms with Crippen molar-refractivity contribution < 1.29 is 23.7 Å². The average molecular weight is 626 g/mol. The molecule has 2 aromatic carbocycles. The monoisotopic (exact) mass is 625 g/mol. The first-order chi connectivity index (χ1) is 20.4. The lowest BCUT2D eigenvalue weighted by atomic mass is 9.77. The first kappa shape index (κ1) is 34.2. The molecule has 0 N–H and O–H groups in total. The fourth-order valence-electron chi connectivity index (χ4n) is 4.19. The molecule has 0 atom stereocenters. The first-order valence-electron chi connectivity index (χ1n) is 14.2. The fraction of sp³-hybridized carbons (Fsp3) is 0.455. The smallest absolute Gasteiger partial charge is 0.332 e. The number of halogens is 1. The maximum absolute atomic E-state index is 11.7. The van der Waals surface area contributed by atoms with Gasteiger partial charge in [-0.1, -0.05) is 49.3 Å². The molecule has 3 rings (SSSR count). The number of thioether (sulfide) groups is 1. The summed E-state index contributed by atoms with van der Waals surface area (Å²) in [5.74, 6) is 0.762. The highest BCUT2D eigenvalue weighted by Gasteiger charge is 2.26. The highest BCUT2D eigenvalue weighted by Crippen LogP contribution is 2.38. The summed E-state index contributed by atoms with van der Waals surface area (Å²) in [7, 11) is 0. The van der Waals surface area contributed by atoms with Gasteiger partial charge in [-0.05, 0) is 81.7 Å². The normalized spacial score (nSPS) is 11.6. The second-order valence-corrected chi connectivity index (χ2v) is 12.7. The number of ether oxygens (including phenoxy) is 4. The summed E-state index contributed by atoms with van der Waals surface area (Å²) in [5, 5.41) is 11.0. The van der Waals surface area contributed by atoms with E-state index in [1.807, 2.05) is 63.4 Å². The van der Waals surface area contributed by atoms with Gasteiger partial charge in [0.1, 0.15) is 30.6 Å². The maximum Gasteiger partial charge on any atom is 0.332 e. The third-order valence-electron chi connectivity index (χ3n) is 6.55. The van der Waals surface area contributed by atoms with E-state index >= 15 is 0 Å². The van der Waals surface area contributed by atoms with Crippen LogP contribution in [0, 0.1) is 11.3 Å². The van der Waals surface area contributed by atoms with Gasteiger partial charge in [0.05, 0.1) is 17.2 Å². The predicted octanol–water partition coefficient (Wildman–Crippen LogP) is 7.54. The summed E-state index contributed by atoms with van der Waals surface area (Å²) >= 11 is 8.13. The third kappa shape index (κ3) is 10.7. The Hall–Kier alpha value is -3.32. The molecule has 8 nitrogen and oxygen atoms in total. The predicted molar refractivity (Wildman–Crippen MR) is 169 cm³/mol. The number of nitriles is 1. The van der Waals surface area contributed by atoms with Gasteiger partial charge in [-0.25, -0.2) is 14.8 Å². The Morgan fingerprint density at radius 1 is 0.953 bits per heavy atom. The van der Waals surface area contributed by atoms with E-state index in [-0.39, 0.29) is 12.6 Å². The zero-order valence-electron chi connectivity index (χ0n) is 25.7. The molecule has 0 aliphatic carbocycles. The van der Waals surface area contributed by atoms with Gasteiger partial charge < -0.3 is 18.9 Å². The number of unbranched alkanes of at least 4 members (excludes halogenated alkanes) is 2. The van der Waals surface area contributed by atoms with E-state index in [1.54, 1.807) is 12.4 Å². The van der Waals surface area contributed by atoms with Gasteiger partial charge in [0, 0.05) is 30.0 Å². The molecule has 1 aromatic heterocycles. The van der Waals surface area contributed by atoms with Crippen LogP contribution in [-0.4, -0.2) is 47.6 Å². The van der Waals surface area contributed by atoms with Crippen LogP contribution in [0.1, 0.15) is 76.1 Å². The van der Waals surface area contributed by atoms with Gasteiger partial charge >= 0.3 is 5.97 Å². The molecule has 3 aromatic rings. The van der Waals surface area contributed by atoms with Crippen LogP contribution in [0.3, 0.4) is 0 Å². The number of aromatic nitrogens is 2. The van der Waals surface area contributed by atoms with Gasteiger partial charge in [0.25, 0.3) is 0 Å². The quantitative estimate of drug-likeness (QED) is 0.0733. The minimum absolute atomic E-state index is 0.0567. The van der Waals surface area contributed by atoms with Crippen LogP contribution in [0.5, 0.6) is 11.5 Å². The molecule has 10 heteroatoms. The van der Waals surface area contributed by atoms with E-state index in [2.05, 4.69) is 29.9 Å². The van der Waals surface area contributed by atoms with Gasteiger partial charge in [-0.3, -0.25) is 0 Å². The number of rotatable bonds is 15. The average Bonchev–Trinajstić information content (AvgIpc) is 2.97. The lowest BCUT2D eigenvalue weighted by Gasteiger charge is -2.27.